The molecule has 1 heterocycles. The number of nitrogens with one attached hydrogen (secondary N) is 2. The molecule has 0 radical (unpaired) electrons. The van der Waals surface area contributed by atoms with E-state index in [9.17, 15) is 14.4 Å². The van der Waals surface area contributed by atoms with Crippen molar-refractivity contribution >= 4 is 23.5 Å². The molecular weight excluding hydrogens is 374 g/mol. The Labute approximate surface area is 168 Å². The van der Waals surface area contributed by atoms with Gasteiger partial charge in [0.25, 0.3) is 5.91 Å². The Morgan fingerprint density at radius 1 is 1.07 bits per heavy atom. The van der Waals surface area contributed by atoms with Crippen molar-refractivity contribution in [1.82, 2.24) is 10.2 Å². The molecule has 1 atom stereocenters. The summed E-state index contributed by atoms with van der Waals surface area (Å²) in [5.74, 6) is 0.0314. The standard InChI is InChI=1S/C21H23N3O5/c1-4-21(14-8-6-5-7-9-14)19(26)24(20(27)23-21)13-18(25)22-15-10-11-16(28-2)17(12-15)29-3/h5-12H,4,13H2,1-3H3,(H,22,25)(H,23,27)/t21-/m1/s1. The summed E-state index contributed by atoms with van der Waals surface area (Å²) in [5.41, 5.74) is -0.0183. The third-order valence-electron chi connectivity index (χ3n) is 4.94. The van der Waals surface area contributed by atoms with E-state index in [2.05, 4.69) is 10.6 Å². The zero-order chi connectivity index (χ0) is 21.0. The molecule has 2 aromatic carbocycles. The summed E-state index contributed by atoms with van der Waals surface area (Å²) < 4.78 is 10.4. The monoisotopic (exact) mass is 397 g/mol. The summed E-state index contributed by atoms with van der Waals surface area (Å²) in [6.07, 6.45) is 0.370. The van der Waals surface area contributed by atoms with E-state index in [4.69, 9.17) is 9.47 Å². The SMILES string of the molecule is CC[C@]1(c2ccccc2)NC(=O)N(CC(=O)Nc2ccc(OC)c(OC)c2)C1=O. The molecule has 1 saturated heterocycles. The van der Waals surface area contributed by atoms with Gasteiger partial charge in [-0.15, -0.1) is 0 Å². The van der Waals surface area contributed by atoms with Crippen molar-refractivity contribution in [2.24, 2.45) is 0 Å². The van der Waals surface area contributed by atoms with Crippen LogP contribution in [0.15, 0.2) is 48.5 Å². The van der Waals surface area contributed by atoms with Crippen molar-refractivity contribution < 1.29 is 23.9 Å². The van der Waals surface area contributed by atoms with E-state index >= 15 is 0 Å². The van der Waals surface area contributed by atoms with Crippen LogP contribution in [0, 0.1) is 0 Å². The maximum atomic E-state index is 13.1. The van der Waals surface area contributed by atoms with Gasteiger partial charge >= 0.3 is 6.03 Å². The fraction of sp³-hybridized carbons (Fsp3) is 0.286. The van der Waals surface area contributed by atoms with Gasteiger partial charge in [-0.05, 0) is 24.1 Å². The van der Waals surface area contributed by atoms with Crippen LogP contribution >= 0.6 is 0 Å². The molecule has 1 fully saturated rings. The van der Waals surface area contributed by atoms with Gasteiger partial charge in [-0.3, -0.25) is 14.5 Å². The highest BCUT2D eigenvalue weighted by Gasteiger charge is 2.51. The molecule has 29 heavy (non-hydrogen) atoms. The molecular formula is C21H23N3O5. The Morgan fingerprint density at radius 3 is 2.38 bits per heavy atom. The summed E-state index contributed by atoms with van der Waals surface area (Å²) in [6, 6.07) is 13.3. The summed E-state index contributed by atoms with van der Waals surface area (Å²) >= 11 is 0. The van der Waals surface area contributed by atoms with Crippen molar-refractivity contribution in [1.29, 1.82) is 0 Å². The van der Waals surface area contributed by atoms with Crippen molar-refractivity contribution in [2.75, 3.05) is 26.1 Å². The van der Waals surface area contributed by atoms with E-state index in [0.29, 0.717) is 29.2 Å². The van der Waals surface area contributed by atoms with Gasteiger partial charge in [-0.2, -0.15) is 0 Å². The van der Waals surface area contributed by atoms with Crippen LogP contribution in [0.5, 0.6) is 11.5 Å². The van der Waals surface area contributed by atoms with Crippen molar-refractivity contribution in [3.8, 4) is 11.5 Å². The minimum absolute atomic E-state index is 0.370. The Balaban J connectivity index is 1.76. The topological polar surface area (TPSA) is 97.0 Å². The van der Waals surface area contributed by atoms with Crippen molar-refractivity contribution in [3.05, 3.63) is 54.1 Å². The quantitative estimate of drug-likeness (QED) is 0.700. The number of anilines is 1. The zero-order valence-corrected chi connectivity index (χ0v) is 16.5. The molecule has 8 nitrogen and oxygen atoms in total. The molecule has 1 aliphatic heterocycles. The Morgan fingerprint density at radius 2 is 1.76 bits per heavy atom. The van der Waals surface area contributed by atoms with Gasteiger partial charge in [0.05, 0.1) is 14.2 Å². The van der Waals surface area contributed by atoms with Crippen LogP contribution in [0.1, 0.15) is 18.9 Å². The molecule has 0 bridgehead atoms. The van der Waals surface area contributed by atoms with E-state index in [1.54, 1.807) is 42.5 Å². The molecule has 8 heteroatoms. The predicted octanol–water partition coefficient (Wildman–Crippen LogP) is 2.50. The molecule has 2 aromatic rings. The van der Waals surface area contributed by atoms with E-state index in [-0.39, 0.29) is 0 Å². The first-order valence-corrected chi connectivity index (χ1v) is 9.16. The number of benzene rings is 2. The minimum Gasteiger partial charge on any atom is -0.493 e. The van der Waals surface area contributed by atoms with Gasteiger partial charge < -0.3 is 20.1 Å². The first kappa shape index (κ1) is 20.2. The fourth-order valence-corrected chi connectivity index (χ4v) is 3.39. The average molecular weight is 397 g/mol. The van der Waals surface area contributed by atoms with E-state index in [1.165, 1.54) is 14.2 Å². The number of rotatable bonds is 7. The fourth-order valence-electron chi connectivity index (χ4n) is 3.39. The number of hydrogen-bond donors (Lipinski definition) is 2. The number of amides is 4. The maximum Gasteiger partial charge on any atom is 0.325 e. The number of hydrogen-bond acceptors (Lipinski definition) is 5. The lowest BCUT2D eigenvalue weighted by molar-refractivity contribution is -0.134. The second kappa shape index (κ2) is 8.22. The number of ether oxygens (including phenoxy) is 2. The Kier molecular flexibility index (Phi) is 5.72. The number of carbonyl (C=O) groups is 3. The largest absolute Gasteiger partial charge is 0.493 e. The molecule has 0 spiro atoms. The van der Waals surface area contributed by atoms with Gasteiger partial charge in [0.1, 0.15) is 12.1 Å². The average Bonchev–Trinajstić information content (AvgIpc) is 2.99. The number of imide groups is 1. The Bertz CT molecular complexity index is 931. The second-order valence-corrected chi connectivity index (χ2v) is 6.56. The van der Waals surface area contributed by atoms with Gasteiger partial charge in [0, 0.05) is 11.8 Å². The van der Waals surface area contributed by atoms with Gasteiger partial charge in [-0.25, -0.2) is 4.79 Å². The molecule has 0 saturated carbocycles. The van der Waals surface area contributed by atoms with E-state index < -0.39 is 29.9 Å². The molecule has 0 aliphatic carbocycles. The molecule has 3 rings (SSSR count). The lowest BCUT2D eigenvalue weighted by Gasteiger charge is -2.25. The summed E-state index contributed by atoms with van der Waals surface area (Å²) in [6.45, 7) is 1.42. The first-order valence-electron chi connectivity index (χ1n) is 9.16. The molecule has 1 aliphatic rings. The van der Waals surface area contributed by atoms with Gasteiger partial charge in [-0.1, -0.05) is 37.3 Å². The summed E-state index contributed by atoms with van der Waals surface area (Å²) in [5, 5.41) is 5.43. The predicted molar refractivity (Wildman–Crippen MR) is 107 cm³/mol. The smallest absolute Gasteiger partial charge is 0.325 e. The van der Waals surface area contributed by atoms with Crippen LogP contribution in [-0.4, -0.2) is 43.5 Å². The highest BCUT2D eigenvalue weighted by molar-refractivity contribution is 6.10. The van der Waals surface area contributed by atoms with E-state index in [1.807, 2.05) is 13.0 Å². The highest BCUT2D eigenvalue weighted by atomic mass is 16.5. The molecule has 0 unspecified atom stereocenters. The zero-order valence-electron chi connectivity index (χ0n) is 16.5. The van der Waals surface area contributed by atoms with Crippen LogP contribution in [0.2, 0.25) is 0 Å². The number of urea groups is 1. The maximum absolute atomic E-state index is 13.1. The Hall–Kier alpha value is -3.55. The van der Waals surface area contributed by atoms with Crippen LogP contribution in [0.25, 0.3) is 0 Å². The van der Waals surface area contributed by atoms with Crippen molar-refractivity contribution in [3.63, 3.8) is 0 Å². The lowest BCUT2D eigenvalue weighted by atomic mass is 9.87. The second-order valence-electron chi connectivity index (χ2n) is 6.56. The number of carbonyl (C=O) groups excluding carboxylic acids is 3. The van der Waals surface area contributed by atoms with Gasteiger partial charge in [0.2, 0.25) is 5.91 Å². The van der Waals surface area contributed by atoms with Crippen LogP contribution in [0.4, 0.5) is 10.5 Å². The van der Waals surface area contributed by atoms with E-state index in [0.717, 1.165) is 4.90 Å². The third kappa shape index (κ3) is 3.73. The van der Waals surface area contributed by atoms with Crippen molar-refractivity contribution in [2.45, 2.75) is 18.9 Å². The summed E-state index contributed by atoms with van der Waals surface area (Å²) in [4.78, 5) is 39.0. The minimum atomic E-state index is -1.16. The molecule has 4 amide bonds. The van der Waals surface area contributed by atoms with Crippen LogP contribution < -0.4 is 20.1 Å². The van der Waals surface area contributed by atoms with Crippen LogP contribution in [-0.2, 0) is 15.1 Å². The third-order valence-corrected chi connectivity index (χ3v) is 4.94. The molecule has 2 N–H and O–H groups in total. The molecule has 152 valence electrons. The first-order chi connectivity index (χ1) is 13.9. The number of nitrogens with zero attached hydrogens (tertiary/aromatic N) is 1. The van der Waals surface area contributed by atoms with Crippen LogP contribution in [0.3, 0.4) is 0 Å². The summed E-state index contributed by atoms with van der Waals surface area (Å²) in [7, 11) is 3.00. The number of methoxy groups -OCH3 is 2. The highest BCUT2D eigenvalue weighted by Crippen LogP contribution is 2.32. The molecule has 0 aromatic heterocycles. The lowest BCUT2D eigenvalue weighted by Crippen LogP contribution is -2.44. The van der Waals surface area contributed by atoms with Gasteiger partial charge in [0.15, 0.2) is 11.5 Å². The normalized spacial score (nSPS) is 18.4.